The highest BCUT2D eigenvalue weighted by Gasteiger charge is 2.73. The Morgan fingerprint density at radius 3 is 2.76 bits per heavy atom. The lowest BCUT2D eigenvalue weighted by atomic mass is 9.43. The third-order valence-electron chi connectivity index (χ3n) is 11.1. The summed E-state index contributed by atoms with van der Waals surface area (Å²) in [4.78, 5) is 33.3. The molecule has 204 valence electrons. The maximum atomic E-state index is 13.7. The molecule has 1 N–H and O–H groups in total. The number of allylic oxidation sites excluding steroid dienone is 4. The first-order valence-corrected chi connectivity index (χ1v) is 14.5. The number of H-pyrrole nitrogens is 1. The van der Waals surface area contributed by atoms with E-state index < -0.39 is 0 Å². The summed E-state index contributed by atoms with van der Waals surface area (Å²) in [5.74, 6) is 2.55. The standard InChI is InChI=1S/C32H43N3O3/c1-6-23-17-27-31-13-12-26(34(4)30(37)25-8-7-9-28(36)33-25)29(20(2)18-31)32(31,24(23)16-21(3)38-5)14-15-35(27)19-22-10-11-22/h6-9,16,20,22,26-27,29H,1,10-15,17-19H2,2-5H3,(H,33,36)/b21-16+/t20-,26?,27?,29?,31?,32?/m0/s1. The zero-order valence-corrected chi connectivity index (χ0v) is 23.5. The van der Waals surface area contributed by atoms with Gasteiger partial charge in [0.2, 0.25) is 5.56 Å². The van der Waals surface area contributed by atoms with E-state index in [1.54, 1.807) is 19.2 Å². The molecular formula is C32H43N3O3. The molecular weight excluding hydrogens is 474 g/mol. The lowest BCUT2D eigenvalue weighted by molar-refractivity contribution is -0.127. The van der Waals surface area contributed by atoms with Gasteiger partial charge in [-0.2, -0.15) is 0 Å². The number of pyridine rings is 1. The number of hydrogen-bond acceptors (Lipinski definition) is 4. The Morgan fingerprint density at radius 1 is 1.29 bits per heavy atom. The van der Waals surface area contributed by atoms with E-state index in [1.807, 2.05) is 11.9 Å². The predicted molar refractivity (Wildman–Crippen MR) is 150 cm³/mol. The fourth-order valence-electron chi connectivity index (χ4n) is 9.55. The number of aromatic nitrogens is 1. The summed E-state index contributed by atoms with van der Waals surface area (Å²) in [5, 5.41) is 0. The van der Waals surface area contributed by atoms with Gasteiger partial charge in [0.15, 0.2) is 0 Å². The lowest BCUT2D eigenvalue weighted by Gasteiger charge is -2.67. The molecule has 1 aromatic heterocycles. The summed E-state index contributed by atoms with van der Waals surface area (Å²) in [6.45, 7) is 11.1. The number of ether oxygens (including phenoxy) is 1. The van der Waals surface area contributed by atoms with Crippen LogP contribution in [0.5, 0.6) is 0 Å². The summed E-state index contributed by atoms with van der Waals surface area (Å²) < 4.78 is 5.72. The molecule has 3 saturated carbocycles. The molecule has 0 spiro atoms. The fourth-order valence-corrected chi connectivity index (χ4v) is 9.55. The van der Waals surface area contributed by atoms with Crippen LogP contribution in [0, 0.1) is 28.6 Å². The van der Waals surface area contributed by atoms with Crippen LogP contribution in [0.15, 0.2) is 58.6 Å². The second-order valence-electron chi connectivity index (χ2n) is 12.8. The van der Waals surface area contributed by atoms with Crippen LogP contribution in [-0.4, -0.2) is 60.0 Å². The molecule has 38 heavy (non-hydrogen) atoms. The Bertz CT molecular complexity index is 1260. The topological polar surface area (TPSA) is 65.6 Å². The monoisotopic (exact) mass is 517 g/mol. The molecule has 2 heterocycles. The van der Waals surface area contributed by atoms with E-state index >= 15 is 0 Å². The van der Waals surface area contributed by atoms with Gasteiger partial charge in [0.05, 0.1) is 12.9 Å². The van der Waals surface area contributed by atoms with Crippen molar-refractivity contribution in [3.63, 3.8) is 0 Å². The predicted octanol–water partition coefficient (Wildman–Crippen LogP) is 5.16. The molecule has 4 aliphatic carbocycles. The van der Waals surface area contributed by atoms with E-state index in [9.17, 15) is 9.59 Å². The molecule has 4 fully saturated rings. The molecule has 6 heteroatoms. The molecule has 5 unspecified atom stereocenters. The van der Waals surface area contributed by atoms with E-state index in [4.69, 9.17) is 4.74 Å². The van der Waals surface area contributed by atoms with Crippen LogP contribution in [0.25, 0.3) is 0 Å². The maximum Gasteiger partial charge on any atom is 0.270 e. The highest BCUT2D eigenvalue weighted by atomic mass is 16.5. The minimum Gasteiger partial charge on any atom is -0.501 e. The Kier molecular flexibility index (Phi) is 6.25. The number of amides is 1. The second-order valence-corrected chi connectivity index (χ2v) is 12.8. The van der Waals surface area contributed by atoms with Gasteiger partial charge in [-0.3, -0.25) is 14.5 Å². The quantitative estimate of drug-likeness (QED) is 0.508. The molecule has 5 aliphatic rings. The van der Waals surface area contributed by atoms with Crippen molar-refractivity contribution in [2.75, 3.05) is 27.2 Å². The third kappa shape index (κ3) is 3.62. The summed E-state index contributed by atoms with van der Waals surface area (Å²) in [5.41, 5.74) is 3.11. The smallest absolute Gasteiger partial charge is 0.270 e. The van der Waals surface area contributed by atoms with Gasteiger partial charge in [-0.05, 0) is 105 Å². The summed E-state index contributed by atoms with van der Waals surface area (Å²) >= 11 is 0. The molecule has 6 atom stereocenters. The highest BCUT2D eigenvalue weighted by Crippen LogP contribution is 2.76. The first-order chi connectivity index (χ1) is 18.3. The number of hydrogen-bond donors (Lipinski definition) is 1. The number of nitrogens with one attached hydrogen (secondary N) is 1. The van der Waals surface area contributed by atoms with Crippen molar-refractivity contribution in [2.24, 2.45) is 28.6 Å². The van der Waals surface area contributed by atoms with Crippen molar-refractivity contribution < 1.29 is 9.53 Å². The minimum atomic E-state index is -0.237. The Labute approximate surface area is 226 Å². The van der Waals surface area contributed by atoms with Crippen molar-refractivity contribution in [1.82, 2.24) is 14.8 Å². The van der Waals surface area contributed by atoms with Crippen molar-refractivity contribution in [1.29, 1.82) is 0 Å². The van der Waals surface area contributed by atoms with Crippen LogP contribution in [0.4, 0.5) is 0 Å². The number of carbonyl (C=O) groups excluding carboxylic acids is 1. The largest absolute Gasteiger partial charge is 0.501 e. The zero-order chi connectivity index (χ0) is 26.8. The Morgan fingerprint density at radius 2 is 2.08 bits per heavy atom. The lowest BCUT2D eigenvalue weighted by Crippen LogP contribution is -2.68. The summed E-state index contributed by atoms with van der Waals surface area (Å²) in [7, 11) is 3.70. The van der Waals surface area contributed by atoms with Gasteiger partial charge in [0, 0.05) is 37.2 Å². The molecule has 6 nitrogen and oxygen atoms in total. The van der Waals surface area contributed by atoms with Crippen molar-refractivity contribution >= 4 is 5.91 Å². The average Bonchev–Trinajstić information content (AvgIpc) is 3.70. The van der Waals surface area contributed by atoms with Crippen molar-refractivity contribution in [3.05, 3.63) is 69.9 Å². The van der Waals surface area contributed by atoms with Gasteiger partial charge < -0.3 is 14.6 Å². The van der Waals surface area contributed by atoms with Gasteiger partial charge in [0.25, 0.3) is 5.91 Å². The normalized spacial score (nSPS) is 36.6. The fraction of sp³-hybridized carbons (Fsp3) is 0.625. The number of piperidine rings is 1. The van der Waals surface area contributed by atoms with E-state index in [1.165, 1.54) is 43.0 Å². The summed E-state index contributed by atoms with van der Waals surface area (Å²) in [6.07, 6.45) is 12.7. The number of carbonyl (C=O) groups is 1. The molecule has 4 bridgehead atoms. The molecule has 6 rings (SSSR count). The molecule has 1 amide bonds. The minimum absolute atomic E-state index is 0.0136. The van der Waals surface area contributed by atoms with E-state index in [0.717, 1.165) is 43.9 Å². The number of rotatable bonds is 7. The van der Waals surface area contributed by atoms with E-state index in [-0.39, 0.29) is 28.3 Å². The van der Waals surface area contributed by atoms with Crippen LogP contribution in [-0.2, 0) is 4.74 Å². The first kappa shape index (κ1) is 25.7. The van der Waals surface area contributed by atoms with Crippen molar-refractivity contribution in [3.8, 4) is 0 Å². The molecule has 1 aliphatic heterocycles. The molecule has 0 radical (unpaired) electrons. The number of nitrogens with zero attached hydrogens (tertiary/aromatic N) is 2. The Hall–Kier alpha value is -2.60. The SMILES string of the molecule is C=CC1=C(/C=C(\C)OC)C23CCN(CC4CC4)C(C1)C21CCC(N(C)C(=O)c2cccc(=O)[nH]2)C3[C@@H](C)C1. The number of likely N-dealkylation sites (tertiary alicyclic amines) is 1. The molecule has 0 aromatic carbocycles. The van der Waals surface area contributed by atoms with Crippen LogP contribution >= 0.6 is 0 Å². The van der Waals surface area contributed by atoms with Gasteiger partial charge in [-0.25, -0.2) is 0 Å². The van der Waals surface area contributed by atoms with Gasteiger partial charge >= 0.3 is 0 Å². The van der Waals surface area contributed by atoms with Gasteiger partial charge in [-0.15, -0.1) is 0 Å². The van der Waals surface area contributed by atoms with E-state index in [0.29, 0.717) is 23.6 Å². The van der Waals surface area contributed by atoms with Crippen LogP contribution in [0.3, 0.4) is 0 Å². The van der Waals surface area contributed by atoms with Gasteiger partial charge in [0.1, 0.15) is 5.69 Å². The second kappa shape index (κ2) is 9.25. The number of aromatic amines is 1. The third-order valence-corrected chi connectivity index (χ3v) is 11.1. The van der Waals surface area contributed by atoms with E-state index in [2.05, 4.69) is 42.5 Å². The number of methoxy groups -OCH3 is 1. The van der Waals surface area contributed by atoms with Crippen LogP contribution in [0.1, 0.15) is 69.3 Å². The molecule has 1 saturated heterocycles. The average molecular weight is 518 g/mol. The van der Waals surface area contributed by atoms with Crippen LogP contribution < -0.4 is 5.56 Å². The van der Waals surface area contributed by atoms with Gasteiger partial charge in [-0.1, -0.05) is 25.6 Å². The highest BCUT2D eigenvalue weighted by molar-refractivity contribution is 5.92. The summed E-state index contributed by atoms with van der Waals surface area (Å²) in [6, 6.07) is 5.49. The zero-order valence-electron chi connectivity index (χ0n) is 23.5. The first-order valence-electron chi connectivity index (χ1n) is 14.5. The van der Waals surface area contributed by atoms with Crippen LogP contribution in [0.2, 0.25) is 0 Å². The maximum absolute atomic E-state index is 13.7. The Balaban J connectivity index is 1.47. The molecule has 1 aromatic rings. The van der Waals surface area contributed by atoms with Crippen molar-refractivity contribution in [2.45, 2.75) is 70.9 Å².